The van der Waals surface area contributed by atoms with Crippen molar-refractivity contribution in [2.45, 2.75) is 0 Å². The van der Waals surface area contributed by atoms with Crippen molar-refractivity contribution in [3.05, 3.63) is 77.1 Å². The van der Waals surface area contributed by atoms with Gasteiger partial charge in [0.15, 0.2) is 10.9 Å². The number of hydrogen-bond acceptors (Lipinski definition) is 5. The van der Waals surface area contributed by atoms with Crippen LogP contribution in [0.25, 0.3) is 22.6 Å². The number of rotatable bonds is 4. The molecule has 0 radical (unpaired) electrons. The summed E-state index contributed by atoms with van der Waals surface area (Å²) in [6.07, 6.45) is 3.43. The number of thiazole rings is 1. The number of nitrogens with one attached hydrogen (secondary N) is 1. The SMILES string of the molecule is O=C(Nc1nc(-c2cccnc2)cs1)c1ccc(-c2ccccc2Cl)o1. The number of hydrogen-bond donors (Lipinski definition) is 1. The highest BCUT2D eigenvalue weighted by atomic mass is 35.5. The summed E-state index contributed by atoms with van der Waals surface area (Å²) in [5.74, 6) is 0.365. The molecule has 26 heavy (non-hydrogen) atoms. The highest BCUT2D eigenvalue weighted by molar-refractivity contribution is 7.14. The van der Waals surface area contributed by atoms with Gasteiger partial charge in [0.2, 0.25) is 0 Å². The van der Waals surface area contributed by atoms with E-state index in [9.17, 15) is 4.79 Å². The average molecular weight is 382 g/mol. The first-order valence-electron chi connectivity index (χ1n) is 7.73. The maximum atomic E-state index is 12.4. The van der Waals surface area contributed by atoms with Gasteiger partial charge in [-0.2, -0.15) is 0 Å². The summed E-state index contributed by atoms with van der Waals surface area (Å²) in [6, 6.07) is 14.4. The van der Waals surface area contributed by atoms with Crippen LogP contribution in [0.1, 0.15) is 10.6 Å². The first-order chi connectivity index (χ1) is 12.7. The summed E-state index contributed by atoms with van der Waals surface area (Å²) in [4.78, 5) is 20.9. The molecule has 5 nitrogen and oxygen atoms in total. The summed E-state index contributed by atoms with van der Waals surface area (Å²) in [6.45, 7) is 0. The van der Waals surface area contributed by atoms with Gasteiger partial charge in [0.1, 0.15) is 5.76 Å². The van der Waals surface area contributed by atoms with Crippen LogP contribution in [0.4, 0.5) is 5.13 Å². The summed E-state index contributed by atoms with van der Waals surface area (Å²) in [7, 11) is 0. The second kappa shape index (κ2) is 7.11. The summed E-state index contributed by atoms with van der Waals surface area (Å²) >= 11 is 7.50. The zero-order chi connectivity index (χ0) is 17.9. The molecule has 0 aliphatic heterocycles. The molecule has 0 aliphatic rings. The Kier molecular flexibility index (Phi) is 4.51. The van der Waals surface area contributed by atoms with Crippen LogP contribution in [0, 0.1) is 0 Å². The quantitative estimate of drug-likeness (QED) is 0.516. The Morgan fingerprint density at radius 1 is 1.12 bits per heavy atom. The van der Waals surface area contributed by atoms with Crippen molar-refractivity contribution in [1.82, 2.24) is 9.97 Å². The van der Waals surface area contributed by atoms with E-state index in [0.717, 1.165) is 16.8 Å². The van der Waals surface area contributed by atoms with E-state index in [2.05, 4.69) is 15.3 Å². The number of pyridine rings is 1. The third-order valence-corrected chi connectivity index (χ3v) is 4.74. The van der Waals surface area contributed by atoms with Crippen LogP contribution in [0.3, 0.4) is 0 Å². The lowest BCUT2D eigenvalue weighted by Gasteiger charge is -2.00. The number of amides is 1. The molecule has 0 bridgehead atoms. The fourth-order valence-electron chi connectivity index (χ4n) is 2.40. The van der Waals surface area contributed by atoms with Gasteiger partial charge in [-0.05, 0) is 36.4 Å². The normalized spacial score (nSPS) is 10.7. The highest BCUT2D eigenvalue weighted by Gasteiger charge is 2.15. The van der Waals surface area contributed by atoms with E-state index in [0.29, 0.717) is 15.9 Å². The average Bonchev–Trinajstić information content (AvgIpc) is 3.33. The fourth-order valence-corrected chi connectivity index (χ4v) is 3.35. The lowest BCUT2D eigenvalue weighted by Crippen LogP contribution is -2.10. The number of anilines is 1. The maximum Gasteiger partial charge on any atom is 0.293 e. The highest BCUT2D eigenvalue weighted by Crippen LogP contribution is 2.30. The van der Waals surface area contributed by atoms with Gasteiger partial charge in [-0.25, -0.2) is 4.98 Å². The molecular weight excluding hydrogens is 370 g/mol. The largest absolute Gasteiger partial charge is 0.451 e. The Bertz CT molecular complexity index is 1060. The zero-order valence-electron chi connectivity index (χ0n) is 13.3. The molecule has 0 saturated heterocycles. The Morgan fingerprint density at radius 2 is 2.00 bits per heavy atom. The van der Waals surface area contributed by atoms with Gasteiger partial charge in [0.25, 0.3) is 5.91 Å². The predicted octanol–water partition coefficient (Wildman–Crippen LogP) is 5.37. The van der Waals surface area contributed by atoms with E-state index in [-0.39, 0.29) is 11.7 Å². The molecule has 1 N–H and O–H groups in total. The molecule has 1 amide bonds. The van der Waals surface area contributed by atoms with Gasteiger partial charge in [-0.1, -0.05) is 23.7 Å². The van der Waals surface area contributed by atoms with Crippen molar-refractivity contribution < 1.29 is 9.21 Å². The van der Waals surface area contributed by atoms with Crippen molar-refractivity contribution in [1.29, 1.82) is 0 Å². The Hall–Kier alpha value is -2.96. The van der Waals surface area contributed by atoms with Gasteiger partial charge in [-0.3, -0.25) is 15.1 Å². The smallest absolute Gasteiger partial charge is 0.293 e. The number of carbonyl (C=O) groups excluding carboxylic acids is 1. The summed E-state index contributed by atoms with van der Waals surface area (Å²) < 4.78 is 5.65. The van der Waals surface area contributed by atoms with Gasteiger partial charge < -0.3 is 4.42 Å². The molecule has 0 saturated carbocycles. The van der Waals surface area contributed by atoms with E-state index in [4.69, 9.17) is 16.0 Å². The summed E-state index contributed by atoms with van der Waals surface area (Å²) in [5, 5.41) is 5.67. The van der Waals surface area contributed by atoms with Crippen LogP contribution < -0.4 is 5.32 Å². The number of halogens is 1. The van der Waals surface area contributed by atoms with Crippen LogP contribution in [-0.4, -0.2) is 15.9 Å². The number of furan rings is 1. The Morgan fingerprint density at radius 3 is 2.81 bits per heavy atom. The van der Waals surface area contributed by atoms with Gasteiger partial charge in [-0.15, -0.1) is 11.3 Å². The Balaban J connectivity index is 1.51. The van der Waals surface area contributed by atoms with Gasteiger partial charge in [0.05, 0.1) is 10.7 Å². The van der Waals surface area contributed by atoms with E-state index in [1.165, 1.54) is 11.3 Å². The van der Waals surface area contributed by atoms with Crippen molar-refractivity contribution in [3.8, 4) is 22.6 Å². The second-order valence-corrected chi connectivity index (χ2v) is 6.64. The van der Waals surface area contributed by atoms with E-state index in [1.807, 2.05) is 35.7 Å². The molecule has 128 valence electrons. The van der Waals surface area contributed by atoms with Crippen LogP contribution in [0.2, 0.25) is 5.02 Å². The molecule has 0 atom stereocenters. The second-order valence-electron chi connectivity index (χ2n) is 5.38. The third kappa shape index (κ3) is 3.37. The Labute approximate surface area is 158 Å². The van der Waals surface area contributed by atoms with E-state index < -0.39 is 0 Å². The monoisotopic (exact) mass is 381 g/mol. The molecule has 0 fully saturated rings. The molecule has 0 aliphatic carbocycles. The number of aromatic nitrogens is 2. The van der Waals surface area contributed by atoms with Crippen LogP contribution in [-0.2, 0) is 0 Å². The van der Waals surface area contributed by atoms with E-state index >= 15 is 0 Å². The lowest BCUT2D eigenvalue weighted by molar-refractivity contribution is 0.0997. The zero-order valence-corrected chi connectivity index (χ0v) is 14.9. The molecule has 0 spiro atoms. The van der Waals surface area contributed by atoms with Crippen molar-refractivity contribution in [2.75, 3.05) is 5.32 Å². The topological polar surface area (TPSA) is 68.0 Å². The van der Waals surface area contributed by atoms with Gasteiger partial charge in [0, 0.05) is 28.9 Å². The first kappa shape index (κ1) is 16.5. The van der Waals surface area contributed by atoms with E-state index in [1.54, 1.807) is 30.6 Å². The molecule has 1 aromatic carbocycles. The molecule has 7 heteroatoms. The maximum absolute atomic E-state index is 12.4. The molecular formula is C19H12ClN3O2S. The van der Waals surface area contributed by atoms with Crippen molar-refractivity contribution in [2.24, 2.45) is 0 Å². The third-order valence-electron chi connectivity index (χ3n) is 3.65. The standard InChI is InChI=1S/C19H12ClN3O2S/c20-14-6-2-1-5-13(14)16-7-8-17(25-16)18(24)23-19-22-15(11-26-19)12-4-3-9-21-10-12/h1-11H,(H,22,23,24). The predicted molar refractivity (Wildman–Crippen MR) is 102 cm³/mol. The molecule has 4 rings (SSSR count). The molecule has 0 unspecified atom stereocenters. The van der Waals surface area contributed by atoms with Crippen LogP contribution in [0.15, 0.2) is 70.7 Å². The lowest BCUT2D eigenvalue weighted by atomic mass is 10.2. The number of benzene rings is 1. The van der Waals surface area contributed by atoms with Crippen LogP contribution >= 0.6 is 22.9 Å². The van der Waals surface area contributed by atoms with Crippen molar-refractivity contribution in [3.63, 3.8) is 0 Å². The van der Waals surface area contributed by atoms with Crippen LogP contribution in [0.5, 0.6) is 0 Å². The molecule has 4 aromatic rings. The van der Waals surface area contributed by atoms with Gasteiger partial charge >= 0.3 is 0 Å². The minimum atomic E-state index is -0.365. The molecule has 3 heterocycles. The number of carbonyl (C=O) groups is 1. The molecule has 3 aromatic heterocycles. The van der Waals surface area contributed by atoms with Crippen molar-refractivity contribution >= 4 is 34.0 Å². The minimum Gasteiger partial charge on any atom is -0.451 e. The first-order valence-corrected chi connectivity index (χ1v) is 8.98. The number of nitrogens with zero attached hydrogens (tertiary/aromatic N) is 2. The fraction of sp³-hybridized carbons (Fsp3) is 0. The summed E-state index contributed by atoms with van der Waals surface area (Å²) in [5.41, 5.74) is 2.39. The minimum absolute atomic E-state index is 0.193.